The summed E-state index contributed by atoms with van der Waals surface area (Å²) in [7, 11) is -2.59. The van der Waals surface area contributed by atoms with Crippen molar-refractivity contribution in [3.8, 4) is 5.75 Å². The molecule has 1 aromatic heterocycles. The minimum atomic E-state index is -4.29. The summed E-state index contributed by atoms with van der Waals surface area (Å²) in [6.45, 7) is 2.50. The molecule has 4 aromatic rings. The Morgan fingerprint density at radius 1 is 0.979 bits per heavy atom. The summed E-state index contributed by atoms with van der Waals surface area (Å²) < 4.78 is 45.2. The number of phenols is 1. The number of nitrogens with one attached hydrogen (secondary N) is 3. The maximum Gasteiger partial charge on any atom is 0.329 e. The van der Waals surface area contributed by atoms with Gasteiger partial charge in [-0.1, -0.05) is 6.07 Å². The number of hydrogen-bond donors (Lipinski definition) is 4. The van der Waals surface area contributed by atoms with E-state index < -0.39 is 51.9 Å². The molecule has 0 aliphatic carbocycles. The summed E-state index contributed by atoms with van der Waals surface area (Å²) in [5, 5.41) is 16.7. The molecular formula is C32H34FN7O7S. The number of nitrogens with zero attached hydrogens (tertiary/aromatic N) is 4. The van der Waals surface area contributed by atoms with Crippen LogP contribution in [0.5, 0.6) is 5.75 Å². The predicted molar refractivity (Wildman–Crippen MR) is 175 cm³/mol. The van der Waals surface area contributed by atoms with Gasteiger partial charge in [0.25, 0.3) is 5.91 Å². The fourth-order valence-corrected chi connectivity index (χ4v) is 8.21. The van der Waals surface area contributed by atoms with Crippen molar-refractivity contribution in [1.82, 2.24) is 24.1 Å². The molecule has 3 fully saturated rings. The van der Waals surface area contributed by atoms with E-state index in [2.05, 4.69) is 15.5 Å². The molecule has 0 bridgehead atoms. The molecule has 252 valence electrons. The van der Waals surface area contributed by atoms with E-state index in [1.807, 2.05) is 18.2 Å². The molecule has 3 aliphatic rings. The molecule has 1 atom stereocenters. The van der Waals surface area contributed by atoms with E-state index in [-0.39, 0.29) is 29.8 Å². The molecule has 16 heteroatoms. The number of piperidine rings is 2. The number of rotatable bonds is 7. The Morgan fingerprint density at radius 3 is 2.46 bits per heavy atom. The Hall–Kier alpha value is -4.96. The van der Waals surface area contributed by atoms with Gasteiger partial charge in [0, 0.05) is 37.6 Å². The lowest BCUT2D eigenvalue weighted by molar-refractivity contribution is -0.135. The Balaban J connectivity index is 0.971. The molecule has 0 spiro atoms. The topological polar surface area (TPSA) is 175 Å². The fraction of sp³-hybridized carbons (Fsp3) is 0.375. The third kappa shape index (κ3) is 5.53. The van der Waals surface area contributed by atoms with Gasteiger partial charge >= 0.3 is 15.9 Å². The molecule has 7 rings (SSSR count). The van der Waals surface area contributed by atoms with Crippen LogP contribution in [0.2, 0.25) is 0 Å². The SMILES string of the molecule is Cn1c(=O)n(C2CCC(=O)NC2=O)c2ccc(C3CCN(CCNc4ccc5c(F)c(N6CC(=O)NS6(=O)=O)c(O)cc5c4)CC3)cc21. The highest BCUT2D eigenvalue weighted by atomic mass is 32.2. The number of aryl methyl sites for hydroxylation is 1. The van der Waals surface area contributed by atoms with Crippen LogP contribution in [0.15, 0.2) is 47.3 Å². The van der Waals surface area contributed by atoms with Crippen LogP contribution in [-0.4, -0.2) is 78.0 Å². The summed E-state index contributed by atoms with van der Waals surface area (Å²) in [4.78, 5) is 51.2. The molecule has 3 aliphatic heterocycles. The van der Waals surface area contributed by atoms with Crippen LogP contribution >= 0.6 is 0 Å². The summed E-state index contributed by atoms with van der Waals surface area (Å²) in [6, 6.07) is 11.4. The Labute approximate surface area is 274 Å². The van der Waals surface area contributed by atoms with Crippen molar-refractivity contribution in [3.05, 3.63) is 64.3 Å². The van der Waals surface area contributed by atoms with Gasteiger partial charge in [-0.2, -0.15) is 8.42 Å². The van der Waals surface area contributed by atoms with E-state index in [0.29, 0.717) is 33.4 Å². The Kier molecular flexibility index (Phi) is 7.86. The average molecular weight is 680 g/mol. The van der Waals surface area contributed by atoms with Crippen molar-refractivity contribution in [1.29, 1.82) is 0 Å². The van der Waals surface area contributed by atoms with E-state index >= 15 is 4.39 Å². The van der Waals surface area contributed by atoms with E-state index in [1.54, 1.807) is 28.5 Å². The third-order valence-corrected chi connectivity index (χ3v) is 10.9. The van der Waals surface area contributed by atoms with E-state index in [4.69, 9.17) is 0 Å². The first-order valence-electron chi connectivity index (χ1n) is 15.7. The number of benzene rings is 3. The number of fused-ring (bicyclic) bond motifs is 2. The van der Waals surface area contributed by atoms with Crippen molar-refractivity contribution < 1.29 is 32.3 Å². The van der Waals surface area contributed by atoms with Crippen LogP contribution in [0.3, 0.4) is 0 Å². The molecule has 4 heterocycles. The number of halogens is 1. The monoisotopic (exact) mass is 679 g/mol. The smallest absolute Gasteiger partial charge is 0.329 e. The van der Waals surface area contributed by atoms with Gasteiger partial charge in [-0.3, -0.25) is 28.8 Å². The highest BCUT2D eigenvalue weighted by Gasteiger charge is 2.38. The zero-order valence-corrected chi connectivity index (χ0v) is 26.8. The quantitative estimate of drug-likeness (QED) is 0.212. The minimum Gasteiger partial charge on any atom is -0.506 e. The van der Waals surface area contributed by atoms with Crippen LogP contribution < -0.4 is 25.4 Å². The van der Waals surface area contributed by atoms with E-state index in [0.717, 1.165) is 43.6 Å². The molecule has 14 nitrogen and oxygen atoms in total. The number of imide groups is 1. The molecule has 3 aromatic carbocycles. The first kappa shape index (κ1) is 31.6. The zero-order chi connectivity index (χ0) is 33.9. The highest BCUT2D eigenvalue weighted by molar-refractivity contribution is 7.92. The second-order valence-corrected chi connectivity index (χ2v) is 14.1. The second-order valence-electron chi connectivity index (χ2n) is 12.5. The van der Waals surface area contributed by atoms with Crippen molar-refractivity contribution in [2.45, 2.75) is 37.6 Å². The minimum absolute atomic E-state index is 0.107. The molecular weight excluding hydrogens is 645 g/mol. The first-order valence-corrected chi connectivity index (χ1v) is 17.1. The number of aromatic nitrogens is 2. The molecule has 1 unspecified atom stereocenters. The number of amides is 3. The lowest BCUT2D eigenvalue weighted by atomic mass is 9.89. The summed E-state index contributed by atoms with van der Waals surface area (Å²) in [5.41, 5.74) is 2.41. The Bertz CT molecular complexity index is 2170. The van der Waals surface area contributed by atoms with Crippen molar-refractivity contribution in [2.24, 2.45) is 7.05 Å². The number of phenolic OH excluding ortho intramolecular Hbond substituents is 1. The highest BCUT2D eigenvalue weighted by Crippen LogP contribution is 2.39. The van der Waals surface area contributed by atoms with Crippen LogP contribution in [0, 0.1) is 5.82 Å². The fourth-order valence-electron chi connectivity index (χ4n) is 7.04. The van der Waals surface area contributed by atoms with Gasteiger partial charge < -0.3 is 15.3 Å². The number of imidazole rings is 1. The van der Waals surface area contributed by atoms with Crippen molar-refractivity contribution >= 4 is 61.1 Å². The van der Waals surface area contributed by atoms with E-state index in [1.165, 1.54) is 16.7 Å². The van der Waals surface area contributed by atoms with Gasteiger partial charge in [0.15, 0.2) is 5.82 Å². The normalized spacial score (nSPS) is 20.4. The van der Waals surface area contributed by atoms with Crippen LogP contribution in [0.4, 0.5) is 15.8 Å². The largest absolute Gasteiger partial charge is 0.506 e. The summed E-state index contributed by atoms with van der Waals surface area (Å²) >= 11 is 0. The Morgan fingerprint density at radius 2 is 1.75 bits per heavy atom. The van der Waals surface area contributed by atoms with Gasteiger partial charge in [-0.15, -0.1) is 0 Å². The van der Waals surface area contributed by atoms with Crippen LogP contribution in [0.1, 0.15) is 43.2 Å². The maximum atomic E-state index is 15.4. The number of aromatic hydroxyl groups is 1. The maximum absolute atomic E-state index is 15.4. The molecule has 0 radical (unpaired) electrons. The lowest BCUT2D eigenvalue weighted by Gasteiger charge is -2.32. The van der Waals surface area contributed by atoms with Gasteiger partial charge in [-0.25, -0.2) is 18.2 Å². The van der Waals surface area contributed by atoms with Gasteiger partial charge in [0.1, 0.15) is 24.0 Å². The lowest BCUT2D eigenvalue weighted by Crippen LogP contribution is -2.44. The standard InChI is InChI=1S/C32H34FN7O7S/c1-37-25-15-19(2-5-23(25)40(32(37)45)24-6-7-27(42)35-31(24)44)18-8-11-38(12-9-18)13-10-34-21-3-4-22-20(14-21)16-26(41)30(29(22)33)39-17-28(43)36-48(39,46)47/h2-5,14-16,18,24,34,41H,6-13,17H2,1H3,(H,36,43)(H,35,42,44). The predicted octanol–water partition coefficient (Wildman–Crippen LogP) is 1.79. The van der Waals surface area contributed by atoms with Crippen LogP contribution in [-0.2, 0) is 31.6 Å². The van der Waals surface area contributed by atoms with Crippen LogP contribution in [0.25, 0.3) is 21.8 Å². The van der Waals surface area contributed by atoms with Gasteiger partial charge in [0.05, 0.1) is 11.0 Å². The van der Waals surface area contributed by atoms with Crippen molar-refractivity contribution in [2.75, 3.05) is 42.3 Å². The van der Waals surface area contributed by atoms with Gasteiger partial charge in [-0.05, 0) is 85.6 Å². The number of anilines is 2. The van der Waals surface area contributed by atoms with Crippen molar-refractivity contribution in [3.63, 3.8) is 0 Å². The van der Waals surface area contributed by atoms with E-state index in [9.17, 15) is 32.7 Å². The second kappa shape index (κ2) is 11.9. The molecule has 4 N–H and O–H groups in total. The third-order valence-electron chi connectivity index (χ3n) is 9.55. The molecule has 3 amide bonds. The average Bonchev–Trinajstić information content (AvgIpc) is 3.46. The number of carbonyl (C=O) groups excluding carboxylic acids is 3. The summed E-state index contributed by atoms with van der Waals surface area (Å²) in [6.07, 6.45) is 2.34. The number of carbonyl (C=O) groups is 3. The zero-order valence-electron chi connectivity index (χ0n) is 26.0. The molecule has 0 saturated carbocycles. The number of likely N-dealkylation sites (tertiary alicyclic amines) is 1. The van der Waals surface area contributed by atoms with Gasteiger partial charge in [0.2, 0.25) is 11.8 Å². The first-order chi connectivity index (χ1) is 22.9. The summed E-state index contributed by atoms with van der Waals surface area (Å²) in [5.74, 6) is -2.81. The molecule has 3 saturated heterocycles. The number of hydrogen-bond acceptors (Lipinski definition) is 9. The molecule has 48 heavy (non-hydrogen) atoms.